The highest BCUT2D eigenvalue weighted by atomic mass is 19.1. The van der Waals surface area contributed by atoms with Crippen molar-refractivity contribution in [3.63, 3.8) is 0 Å². The smallest absolute Gasteiger partial charge is 0.254 e. The van der Waals surface area contributed by atoms with Gasteiger partial charge < -0.3 is 24.0 Å². The van der Waals surface area contributed by atoms with Gasteiger partial charge in [0.2, 0.25) is 5.88 Å². The molecule has 1 amide bonds. The van der Waals surface area contributed by atoms with Crippen LogP contribution in [0.1, 0.15) is 27.9 Å². The van der Waals surface area contributed by atoms with Gasteiger partial charge in [0.25, 0.3) is 5.91 Å². The number of methoxy groups -OCH3 is 1. The molecule has 0 aliphatic carbocycles. The summed E-state index contributed by atoms with van der Waals surface area (Å²) in [5.74, 6) is 0.306. The second kappa shape index (κ2) is 11.5. The molecular weight excluding hydrogens is 447 g/mol. The van der Waals surface area contributed by atoms with Crippen molar-refractivity contribution in [2.45, 2.75) is 19.9 Å². The Balaban J connectivity index is 1.71. The summed E-state index contributed by atoms with van der Waals surface area (Å²) in [6, 6.07) is 13.8. The molecular formula is C27H33FN4O3. The van der Waals surface area contributed by atoms with Crippen molar-refractivity contribution in [3.8, 4) is 11.3 Å². The molecule has 35 heavy (non-hydrogen) atoms. The maximum absolute atomic E-state index is 13.6. The largest absolute Gasteiger partial charge is 0.385 e. The summed E-state index contributed by atoms with van der Waals surface area (Å²) in [5.41, 5.74) is 3.89. The van der Waals surface area contributed by atoms with Gasteiger partial charge in [0.15, 0.2) is 0 Å². The van der Waals surface area contributed by atoms with Crippen molar-refractivity contribution in [2.24, 2.45) is 0 Å². The van der Waals surface area contributed by atoms with E-state index in [0.29, 0.717) is 43.3 Å². The van der Waals surface area contributed by atoms with E-state index in [9.17, 15) is 9.18 Å². The number of carbonyl (C=O) groups excluding carboxylic acids is 1. The summed E-state index contributed by atoms with van der Waals surface area (Å²) >= 11 is 0. The lowest BCUT2D eigenvalue weighted by Gasteiger charge is -2.33. The highest BCUT2D eigenvalue weighted by Crippen LogP contribution is 2.33. The zero-order chi connectivity index (χ0) is 24.8. The molecule has 0 saturated carbocycles. The molecule has 8 heteroatoms. The van der Waals surface area contributed by atoms with Crippen molar-refractivity contribution >= 4 is 11.8 Å². The maximum Gasteiger partial charge on any atom is 0.254 e. The van der Waals surface area contributed by atoms with Gasteiger partial charge in [-0.25, -0.2) is 4.39 Å². The van der Waals surface area contributed by atoms with E-state index in [0.717, 1.165) is 42.9 Å². The molecule has 0 bridgehead atoms. The lowest BCUT2D eigenvalue weighted by Crippen LogP contribution is -2.45. The number of anilines is 1. The highest BCUT2D eigenvalue weighted by molar-refractivity contribution is 5.94. The van der Waals surface area contributed by atoms with E-state index in [-0.39, 0.29) is 11.7 Å². The molecule has 4 rings (SSSR count). The van der Waals surface area contributed by atoms with Crippen molar-refractivity contribution in [1.29, 1.82) is 0 Å². The van der Waals surface area contributed by atoms with Crippen LogP contribution in [-0.2, 0) is 11.3 Å². The van der Waals surface area contributed by atoms with E-state index in [1.165, 1.54) is 12.1 Å². The fourth-order valence-electron chi connectivity index (χ4n) is 4.34. The Morgan fingerprint density at radius 1 is 1.14 bits per heavy atom. The zero-order valence-electron chi connectivity index (χ0n) is 20.7. The number of amides is 1. The number of hydrogen-bond acceptors (Lipinski definition) is 6. The number of halogens is 1. The summed E-state index contributed by atoms with van der Waals surface area (Å²) in [6.45, 7) is 6.80. The zero-order valence-corrected chi connectivity index (χ0v) is 20.7. The van der Waals surface area contributed by atoms with E-state index >= 15 is 0 Å². The Hall–Kier alpha value is -3.23. The predicted octanol–water partition coefficient (Wildman–Crippen LogP) is 4.22. The Labute approximate surface area is 206 Å². The number of hydrogen-bond donors (Lipinski definition) is 0. The summed E-state index contributed by atoms with van der Waals surface area (Å²) in [6.07, 6.45) is 0.703. The molecule has 1 fully saturated rings. The van der Waals surface area contributed by atoms with Gasteiger partial charge in [-0.2, -0.15) is 0 Å². The number of ether oxygens (including phenoxy) is 1. The number of aromatic nitrogens is 1. The lowest BCUT2D eigenvalue weighted by atomic mass is 10.1. The van der Waals surface area contributed by atoms with E-state index < -0.39 is 0 Å². The second-order valence-electron chi connectivity index (χ2n) is 9.05. The fourth-order valence-corrected chi connectivity index (χ4v) is 4.34. The summed E-state index contributed by atoms with van der Waals surface area (Å²) in [4.78, 5) is 19.9. The number of piperazine rings is 1. The van der Waals surface area contributed by atoms with Crippen molar-refractivity contribution in [1.82, 2.24) is 15.0 Å². The first kappa shape index (κ1) is 24.9. The van der Waals surface area contributed by atoms with Gasteiger partial charge in [-0.05, 0) is 56.8 Å². The first-order chi connectivity index (χ1) is 17.0. The van der Waals surface area contributed by atoms with Gasteiger partial charge in [-0.3, -0.25) is 4.79 Å². The average molecular weight is 481 g/mol. The van der Waals surface area contributed by atoms with Crippen LogP contribution in [0, 0.1) is 12.7 Å². The maximum atomic E-state index is 13.6. The van der Waals surface area contributed by atoms with Crippen LogP contribution in [0.15, 0.2) is 53.1 Å². The van der Waals surface area contributed by atoms with Gasteiger partial charge in [0.1, 0.15) is 11.5 Å². The molecule has 0 unspecified atom stereocenters. The Morgan fingerprint density at radius 2 is 1.89 bits per heavy atom. The summed E-state index contributed by atoms with van der Waals surface area (Å²) < 4.78 is 24.8. The van der Waals surface area contributed by atoms with Crippen LogP contribution in [0.2, 0.25) is 0 Å². The molecule has 2 heterocycles. The molecule has 0 spiro atoms. The van der Waals surface area contributed by atoms with Crippen LogP contribution in [0.5, 0.6) is 0 Å². The molecule has 0 N–H and O–H groups in total. The number of rotatable bonds is 9. The van der Waals surface area contributed by atoms with Crippen molar-refractivity contribution in [3.05, 3.63) is 71.0 Å². The van der Waals surface area contributed by atoms with Gasteiger partial charge in [0.05, 0.1) is 12.1 Å². The summed E-state index contributed by atoms with van der Waals surface area (Å²) in [5, 5.41) is 4.39. The number of likely N-dealkylation sites (N-methyl/N-ethyl adjacent to an activating group) is 1. The van der Waals surface area contributed by atoms with Crippen LogP contribution in [-0.4, -0.2) is 74.4 Å². The van der Waals surface area contributed by atoms with Crippen LogP contribution < -0.4 is 4.90 Å². The lowest BCUT2D eigenvalue weighted by molar-refractivity contribution is 0.0724. The summed E-state index contributed by atoms with van der Waals surface area (Å²) in [7, 11) is 3.76. The number of aryl methyl sites for hydroxylation is 1. The topological polar surface area (TPSA) is 62.1 Å². The third-order valence-corrected chi connectivity index (χ3v) is 6.35. The fraction of sp³-hybridized carbons (Fsp3) is 0.407. The quantitative estimate of drug-likeness (QED) is 0.428. The second-order valence-corrected chi connectivity index (χ2v) is 9.05. The van der Waals surface area contributed by atoms with Crippen molar-refractivity contribution in [2.75, 3.05) is 58.4 Å². The normalized spacial score (nSPS) is 14.3. The van der Waals surface area contributed by atoms with Crippen molar-refractivity contribution < 1.29 is 18.4 Å². The van der Waals surface area contributed by atoms with Crippen LogP contribution in [0.3, 0.4) is 0 Å². The Morgan fingerprint density at radius 3 is 2.57 bits per heavy atom. The standard InChI is InChI=1S/C27H33FN4O3/c1-20-6-4-7-22(18-20)26(33)32(12-5-17-34-3)19-24-25(21-8-10-23(28)11-9-21)29-35-27(24)31-15-13-30(2)14-16-31/h4,6-11,18H,5,12-17,19H2,1-3H3. The molecule has 0 radical (unpaired) electrons. The molecule has 2 aromatic carbocycles. The van der Waals surface area contributed by atoms with E-state index in [2.05, 4.69) is 22.0 Å². The first-order valence-corrected chi connectivity index (χ1v) is 12.0. The molecule has 186 valence electrons. The number of benzene rings is 2. The third-order valence-electron chi connectivity index (χ3n) is 6.35. The first-order valence-electron chi connectivity index (χ1n) is 12.0. The van der Waals surface area contributed by atoms with Gasteiger partial charge in [0, 0.05) is 57.6 Å². The molecule has 3 aromatic rings. The Bertz CT molecular complexity index is 1120. The van der Waals surface area contributed by atoms with E-state index in [4.69, 9.17) is 9.26 Å². The van der Waals surface area contributed by atoms with Gasteiger partial charge >= 0.3 is 0 Å². The molecule has 7 nitrogen and oxygen atoms in total. The molecule has 0 atom stereocenters. The van der Waals surface area contributed by atoms with Crippen LogP contribution >= 0.6 is 0 Å². The minimum atomic E-state index is -0.311. The molecule has 1 aromatic heterocycles. The molecule has 1 aliphatic rings. The minimum Gasteiger partial charge on any atom is -0.385 e. The van der Waals surface area contributed by atoms with E-state index in [1.54, 1.807) is 19.2 Å². The van der Waals surface area contributed by atoms with Crippen LogP contribution in [0.25, 0.3) is 11.3 Å². The minimum absolute atomic E-state index is 0.0552. The van der Waals surface area contributed by atoms with Crippen LogP contribution in [0.4, 0.5) is 10.3 Å². The number of carbonyl (C=O) groups is 1. The SMILES string of the molecule is COCCCN(Cc1c(-c2ccc(F)cc2)noc1N1CCN(C)CC1)C(=O)c1cccc(C)c1. The molecule has 1 saturated heterocycles. The monoisotopic (exact) mass is 480 g/mol. The highest BCUT2D eigenvalue weighted by Gasteiger charge is 2.28. The Kier molecular flexibility index (Phi) is 8.15. The third kappa shape index (κ3) is 6.07. The van der Waals surface area contributed by atoms with Gasteiger partial charge in [-0.15, -0.1) is 0 Å². The predicted molar refractivity (Wildman–Crippen MR) is 134 cm³/mol. The van der Waals surface area contributed by atoms with E-state index in [1.807, 2.05) is 36.1 Å². The van der Waals surface area contributed by atoms with Gasteiger partial charge in [-0.1, -0.05) is 22.9 Å². The average Bonchev–Trinajstić information content (AvgIpc) is 3.27. The number of nitrogens with zero attached hydrogens (tertiary/aromatic N) is 4. The molecule has 1 aliphatic heterocycles.